The van der Waals surface area contributed by atoms with E-state index in [1.807, 2.05) is 0 Å². The molecular formula is C64H116N3O9S+. The Balaban J connectivity index is 1.67. The number of likely N-dealkylation sites (N-methyl/N-ethyl adjacent to an activating group) is 1. The minimum Gasteiger partial charge on any atom is -0.475 e. The topological polar surface area (TPSA) is 140 Å². The van der Waals surface area contributed by atoms with Crippen LogP contribution in [0, 0.1) is 11.8 Å². The average Bonchev–Trinajstić information content (AvgIpc) is 3.89. The van der Waals surface area contributed by atoms with E-state index in [2.05, 4.69) is 56.5 Å². The zero-order valence-electron chi connectivity index (χ0n) is 50.5. The summed E-state index contributed by atoms with van der Waals surface area (Å²) < 4.78 is 38.5. The molecule has 1 aliphatic heterocycles. The molecule has 77 heavy (non-hydrogen) atoms. The molecule has 0 spiro atoms. The molecule has 0 saturated heterocycles. The highest BCUT2D eigenvalue weighted by Gasteiger charge is 2.31. The summed E-state index contributed by atoms with van der Waals surface area (Å²) in [4.78, 5) is 51.7. The maximum absolute atomic E-state index is 13.2. The molecule has 3 unspecified atom stereocenters. The Morgan fingerprint density at radius 2 is 0.935 bits per heavy atom. The molecule has 0 amide bonds. The Hall–Kier alpha value is -3.06. The normalized spacial score (nSPS) is 15.3. The van der Waals surface area contributed by atoms with Crippen molar-refractivity contribution in [2.24, 2.45) is 11.8 Å². The second-order valence-electron chi connectivity index (χ2n) is 23.6. The standard InChI is InChI=1S/C64H116N3O9S/c1-7-10-13-16-18-20-22-24-26-28-30-32-38-45-59(68)73-52-58(53-74-60(69)46-39-33-31-29-27-25-23-21-19-17-14-11-8-2)76-62(71)50-56(5)43-37-35-34-36-42-55(4)49-61(70)75-54-67(6)47-41-44-57(51-67)63-64(66-77-65-63)72-48-40-15-12-9-3/h44,55-56,58H,7-43,45-54H2,1-6H3/q+1. The van der Waals surface area contributed by atoms with E-state index in [9.17, 15) is 19.2 Å². The summed E-state index contributed by atoms with van der Waals surface area (Å²) in [6.07, 6.45) is 46.4. The molecule has 0 radical (unpaired) electrons. The highest BCUT2D eigenvalue weighted by Crippen LogP contribution is 2.30. The molecule has 0 saturated carbocycles. The van der Waals surface area contributed by atoms with Crippen molar-refractivity contribution in [2.45, 2.75) is 304 Å². The monoisotopic (exact) mass is 1100 g/mol. The van der Waals surface area contributed by atoms with Crippen molar-refractivity contribution in [2.75, 3.05) is 46.7 Å². The van der Waals surface area contributed by atoms with Crippen molar-refractivity contribution in [1.29, 1.82) is 0 Å². The number of quaternary nitrogens is 1. The molecule has 1 aromatic heterocycles. The molecule has 12 nitrogen and oxygen atoms in total. The first kappa shape index (κ1) is 70.0. The lowest BCUT2D eigenvalue weighted by atomic mass is 9.96. The number of hydrogen-bond donors (Lipinski definition) is 0. The highest BCUT2D eigenvalue weighted by atomic mass is 32.1. The van der Waals surface area contributed by atoms with Crippen LogP contribution in [0.25, 0.3) is 5.57 Å². The zero-order chi connectivity index (χ0) is 55.9. The summed E-state index contributed by atoms with van der Waals surface area (Å²) in [5.74, 6) is -0.128. The summed E-state index contributed by atoms with van der Waals surface area (Å²) in [6.45, 7) is 13.3. The first-order valence-electron chi connectivity index (χ1n) is 32.1. The van der Waals surface area contributed by atoms with Crippen molar-refractivity contribution in [1.82, 2.24) is 8.75 Å². The molecule has 3 atom stereocenters. The third kappa shape index (κ3) is 39.1. The first-order chi connectivity index (χ1) is 37.5. The van der Waals surface area contributed by atoms with Gasteiger partial charge in [-0.25, -0.2) is 0 Å². The van der Waals surface area contributed by atoms with Gasteiger partial charge in [0.15, 0.2) is 6.10 Å². The third-order valence-electron chi connectivity index (χ3n) is 15.4. The molecule has 1 aromatic rings. The maximum atomic E-state index is 13.2. The molecule has 2 rings (SSSR count). The Morgan fingerprint density at radius 1 is 0.519 bits per heavy atom. The fourth-order valence-corrected chi connectivity index (χ4v) is 10.9. The molecule has 0 bridgehead atoms. The van der Waals surface area contributed by atoms with Crippen LogP contribution >= 0.6 is 11.7 Å². The minimum atomic E-state index is -0.829. The number of carbonyl (C=O) groups is 4. The number of esters is 4. The molecule has 1 aliphatic rings. The van der Waals surface area contributed by atoms with Crippen LogP contribution < -0.4 is 4.74 Å². The van der Waals surface area contributed by atoms with Crippen molar-refractivity contribution >= 4 is 41.2 Å². The molecular weight excluding hydrogens is 987 g/mol. The predicted molar refractivity (Wildman–Crippen MR) is 317 cm³/mol. The van der Waals surface area contributed by atoms with Gasteiger partial charge in [0.1, 0.15) is 25.5 Å². The number of carbonyl (C=O) groups excluding carboxylic acids is 4. The summed E-state index contributed by atoms with van der Waals surface area (Å²) >= 11 is 1.18. The molecule has 0 aromatic carbocycles. The van der Waals surface area contributed by atoms with Gasteiger partial charge in [-0.3, -0.25) is 23.7 Å². The van der Waals surface area contributed by atoms with E-state index in [1.54, 1.807) is 0 Å². The van der Waals surface area contributed by atoms with Crippen LogP contribution in [-0.4, -0.2) is 89.9 Å². The lowest BCUT2D eigenvalue weighted by Gasteiger charge is -2.36. The Labute approximate surface area is 475 Å². The van der Waals surface area contributed by atoms with Crippen LogP contribution in [0.15, 0.2) is 6.08 Å². The number of unbranched alkanes of at least 4 members (excludes halogenated alkanes) is 30. The van der Waals surface area contributed by atoms with Crippen molar-refractivity contribution in [3.8, 4) is 5.88 Å². The van der Waals surface area contributed by atoms with Crippen LogP contribution in [0.1, 0.15) is 304 Å². The van der Waals surface area contributed by atoms with Gasteiger partial charge in [-0.1, -0.05) is 253 Å². The van der Waals surface area contributed by atoms with E-state index in [0.717, 1.165) is 114 Å². The zero-order valence-corrected chi connectivity index (χ0v) is 51.3. The smallest absolute Gasteiger partial charge is 0.310 e. The van der Waals surface area contributed by atoms with Crippen LogP contribution in [0.3, 0.4) is 0 Å². The minimum absolute atomic E-state index is 0.112. The van der Waals surface area contributed by atoms with Crippen LogP contribution in [0.5, 0.6) is 5.88 Å². The first-order valence-corrected chi connectivity index (χ1v) is 32.9. The van der Waals surface area contributed by atoms with Crippen LogP contribution in [-0.2, 0) is 38.1 Å². The summed E-state index contributed by atoms with van der Waals surface area (Å²) in [5, 5.41) is 0. The highest BCUT2D eigenvalue weighted by molar-refractivity contribution is 6.99. The van der Waals surface area contributed by atoms with E-state index in [1.165, 1.54) is 153 Å². The van der Waals surface area contributed by atoms with Gasteiger partial charge in [-0.2, -0.15) is 4.37 Å². The number of nitrogens with zero attached hydrogens (tertiary/aromatic N) is 3. The number of ether oxygens (including phenoxy) is 5. The summed E-state index contributed by atoms with van der Waals surface area (Å²) in [7, 11) is 2.14. The molecule has 446 valence electrons. The van der Waals surface area contributed by atoms with E-state index >= 15 is 0 Å². The van der Waals surface area contributed by atoms with E-state index < -0.39 is 6.10 Å². The van der Waals surface area contributed by atoms with Gasteiger partial charge >= 0.3 is 23.9 Å². The number of aromatic nitrogens is 2. The van der Waals surface area contributed by atoms with Gasteiger partial charge in [0.25, 0.3) is 5.88 Å². The van der Waals surface area contributed by atoms with Gasteiger partial charge in [0.05, 0.1) is 31.9 Å². The summed E-state index contributed by atoms with van der Waals surface area (Å²) in [6, 6.07) is 0. The van der Waals surface area contributed by atoms with Crippen molar-refractivity contribution in [3.63, 3.8) is 0 Å². The lowest BCUT2D eigenvalue weighted by molar-refractivity contribution is -0.919. The average molecular weight is 1100 g/mol. The van der Waals surface area contributed by atoms with E-state index in [-0.39, 0.29) is 55.3 Å². The maximum Gasteiger partial charge on any atom is 0.310 e. The number of hydrogen-bond acceptors (Lipinski definition) is 12. The fraction of sp³-hybridized carbons (Fsp3) is 0.875. The lowest BCUT2D eigenvalue weighted by Crippen LogP contribution is -2.49. The molecule has 0 fully saturated rings. The third-order valence-corrected chi connectivity index (χ3v) is 16.0. The predicted octanol–water partition coefficient (Wildman–Crippen LogP) is 17.6. The van der Waals surface area contributed by atoms with Gasteiger partial charge in [-0.05, 0) is 31.1 Å². The van der Waals surface area contributed by atoms with Crippen molar-refractivity contribution < 1.29 is 47.3 Å². The van der Waals surface area contributed by atoms with E-state index in [0.29, 0.717) is 49.5 Å². The van der Waals surface area contributed by atoms with Gasteiger partial charge in [0.2, 0.25) is 6.73 Å². The van der Waals surface area contributed by atoms with E-state index in [4.69, 9.17) is 23.7 Å². The van der Waals surface area contributed by atoms with Crippen LogP contribution in [0.4, 0.5) is 0 Å². The fourth-order valence-electron chi connectivity index (χ4n) is 10.4. The Kier molecular flexibility index (Phi) is 43.4. The largest absolute Gasteiger partial charge is 0.475 e. The second kappa shape index (κ2) is 47.7. The van der Waals surface area contributed by atoms with Gasteiger partial charge in [-0.15, -0.1) is 4.37 Å². The number of rotatable bonds is 53. The Morgan fingerprint density at radius 3 is 1.40 bits per heavy atom. The molecule has 2 heterocycles. The Bertz CT molecular complexity index is 1610. The van der Waals surface area contributed by atoms with Gasteiger partial charge in [0, 0.05) is 37.7 Å². The van der Waals surface area contributed by atoms with Gasteiger partial charge < -0.3 is 23.7 Å². The second-order valence-corrected chi connectivity index (χ2v) is 24.1. The SMILES string of the molecule is CCCCCCCCCCCCCCCC(=O)OCC(COC(=O)CCCCCCCCCCCCCCC)OC(=O)CC(C)CCCCCCC(C)CC(=O)OC[N+]1(C)CCC=C(c2nsnc2OCCCCCC)C1. The van der Waals surface area contributed by atoms with Crippen molar-refractivity contribution in [3.05, 3.63) is 11.8 Å². The molecule has 13 heteroatoms. The molecule has 0 aliphatic carbocycles. The summed E-state index contributed by atoms with van der Waals surface area (Å²) in [5.41, 5.74) is 1.94. The molecule has 0 N–H and O–H groups in total. The van der Waals surface area contributed by atoms with Crippen LogP contribution in [0.2, 0.25) is 0 Å². The quantitative estimate of drug-likeness (QED) is 0.0266.